The summed E-state index contributed by atoms with van der Waals surface area (Å²) >= 11 is -5.80. The minimum absolute atomic E-state index is 0.0625. The van der Waals surface area contributed by atoms with E-state index in [-0.39, 0.29) is 7.35 Å². The minimum atomic E-state index is -5.80. The van der Waals surface area contributed by atoms with Crippen molar-refractivity contribution in [1.82, 2.24) is 0 Å². The van der Waals surface area contributed by atoms with E-state index in [4.69, 9.17) is 0 Å². The summed E-state index contributed by atoms with van der Waals surface area (Å²) in [6.07, 6.45) is 11.3. The Kier molecular flexibility index (Phi) is 11.6. The molecule has 0 saturated heterocycles. The van der Waals surface area contributed by atoms with Crippen molar-refractivity contribution in [3.63, 3.8) is 0 Å². The van der Waals surface area contributed by atoms with Crippen molar-refractivity contribution in [3.8, 4) is 33.4 Å². The van der Waals surface area contributed by atoms with E-state index in [0.29, 0.717) is 11.8 Å². The number of benzene rings is 6. The van der Waals surface area contributed by atoms with Gasteiger partial charge in [-0.15, -0.1) is 0 Å². The van der Waals surface area contributed by atoms with Crippen LogP contribution in [0, 0.1) is 0 Å². The van der Waals surface area contributed by atoms with Gasteiger partial charge in [-0.05, 0) is 0 Å². The van der Waals surface area contributed by atoms with Crippen LogP contribution in [-0.2, 0) is 16.1 Å². The zero-order valence-corrected chi connectivity index (χ0v) is 42.8. The Morgan fingerprint density at radius 1 is 0.500 bits per heavy atom. The van der Waals surface area contributed by atoms with E-state index < -0.39 is 25.7 Å². The molecule has 0 aromatic heterocycles. The molecule has 3 aliphatic rings. The summed E-state index contributed by atoms with van der Waals surface area (Å²) in [6, 6.07) is 48.5. The second-order valence-corrected chi connectivity index (χ2v) is 49.1. The Morgan fingerprint density at radius 3 is 1.43 bits per heavy atom. The van der Waals surface area contributed by atoms with Crippen LogP contribution in [0.3, 0.4) is 0 Å². The Balaban J connectivity index is 1.36. The normalized spacial score (nSPS) is 18.5. The summed E-state index contributed by atoms with van der Waals surface area (Å²) in [5, 5.41) is 3.00. The van der Waals surface area contributed by atoms with Gasteiger partial charge in [-0.25, -0.2) is 0 Å². The van der Waals surface area contributed by atoms with E-state index in [1.807, 2.05) is 0 Å². The summed E-state index contributed by atoms with van der Waals surface area (Å²) in [6.45, 7) is 14.0. The SMILES string of the molecule is CCCC1=Cc2c(-c3ccccc3C(C)CC)cccc2[CH]1[Hf]([Cl])([Cl])([c]1cccc2c1[SiH2]c1ccccc1-2)[CH]1C(CCC)=Cc2c(-c3ccccc3C(C)CC)cccc21. The van der Waals surface area contributed by atoms with Gasteiger partial charge in [-0.2, -0.15) is 0 Å². The molecule has 0 radical (unpaired) electrons. The quantitative estimate of drug-likeness (QED) is 0.101. The van der Waals surface area contributed by atoms with Crippen molar-refractivity contribution >= 4 is 52.5 Å². The van der Waals surface area contributed by atoms with Crippen molar-refractivity contribution in [1.29, 1.82) is 0 Å². The molecule has 1 heterocycles. The van der Waals surface area contributed by atoms with Crippen LogP contribution in [-0.4, -0.2) is 9.52 Å². The van der Waals surface area contributed by atoms with Crippen LogP contribution < -0.4 is 13.7 Å². The van der Waals surface area contributed by atoms with Crippen molar-refractivity contribution in [2.24, 2.45) is 0 Å². The first kappa shape index (κ1) is 41.8. The van der Waals surface area contributed by atoms with Crippen LogP contribution in [0.1, 0.15) is 133 Å². The van der Waals surface area contributed by atoms with Crippen molar-refractivity contribution in [2.45, 2.75) is 99.3 Å². The summed E-state index contributed by atoms with van der Waals surface area (Å²) < 4.78 is 1.20. The van der Waals surface area contributed by atoms with Gasteiger partial charge < -0.3 is 0 Å². The van der Waals surface area contributed by atoms with Gasteiger partial charge in [0.25, 0.3) is 0 Å². The van der Waals surface area contributed by atoms with E-state index in [9.17, 15) is 17.2 Å². The second kappa shape index (κ2) is 16.6. The monoisotopic (exact) mass is 1010 g/mol. The number of halogens is 2. The molecular formula is C56H59Cl2HfSi. The molecule has 305 valence electrons. The van der Waals surface area contributed by atoms with Gasteiger partial charge in [0.05, 0.1) is 0 Å². The molecule has 1 aliphatic heterocycles. The molecule has 4 heteroatoms. The third-order valence-corrected chi connectivity index (χ3v) is 46.3. The second-order valence-electron chi connectivity index (χ2n) is 18.0. The molecule has 0 amide bonds. The third-order valence-electron chi connectivity index (χ3n) is 14.6. The van der Waals surface area contributed by atoms with Crippen molar-refractivity contribution in [3.05, 3.63) is 172 Å². The molecule has 0 nitrogen and oxygen atoms in total. The number of allylic oxidation sites excluding steroid dienone is 2. The van der Waals surface area contributed by atoms with Crippen LogP contribution in [0.2, 0.25) is 0 Å². The van der Waals surface area contributed by atoms with Crippen LogP contribution in [0.15, 0.2) is 139 Å². The molecule has 0 bridgehead atoms. The maximum atomic E-state index is 9.41. The van der Waals surface area contributed by atoms with Gasteiger partial charge >= 0.3 is 373 Å². The molecule has 9 rings (SSSR count). The number of rotatable bonds is 13. The molecule has 0 spiro atoms. The van der Waals surface area contributed by atoms with Gasteiger partial charge in [0.1, 0.15) is 0 Å². The fourth-order valence-electron chi connectivity index (χ4n) is 11.5. The van der Waals surface area contributed by atoms with Gasteiger partial charge in [-0.3, -0.25) is 0 Å². The first-order valence-corrected chi connectivity index (χ1v) is 39.0. The van der Waals surface area contributed by atoms with E-state index >= 15 is 0 Å². The summed E-state index contributed by atoms with van der Waals surface area (Å²) in [5.41, 5.74) is 19.1. The first-order valence-electron chi connectivity index (χ1n) is 22.8. The molecular weight excluding hydrogens is 950 g/mol. The van der Waals surface area contributed by atoms with Crippen LogP contribution in [0.25, 0.3) is 45.5 Å². The molecule has 0 N–H and O–H groups in total. The molecule has 6 aromatic rings. The molecule has 4 unspecified atom stereocenters. The zero-order valence-electron chi connectivity index (χ0n) is 36.3. The maximum absolute atomic E-state index is 9.41. The number of hydrogen-bond acceptors (Lipinski definition) is 0. The first-order chi connectivity index (χ1) is 29.1. The number of fused-ring (bicyclic) bond motifs is 5. The molecule has 6 aromatic carbocycles. The van der Waals surface area contributed by atoms with Crippen LogP contribution in [0.4, 0.5) is 0 Å². The molecule has 60 heavy (non-hydrogen) atoms. The summed E-state index contributed by atoms with van der Waals surface area (Å²) in [4.78, 5) is 0. The van der Waals surface area contributed by atoms with Crippen LogP contribution >= 0.6 is 17.2 Å². The average molecular weight is 1010 g/mol. The van der Waals surface area contributed by atoms with Crippen molar-refractivity contribution in [2.75, 3.05) is 0 Å². The predicted octanol–water partition coefficient (Wildman–Crippen LogP) is 14.6. The van der Waals surface area contributed by atoms with E-state index in [1.165, 1.54) is 91.6 Å². The summed E-state index contributed by atoms with van der Waals surface area (Å²) in [7, 11) is 18.0. The van der Waals surface area contributed by atoms with E-state index in [1.54, 1.807) is 0 Å². The Hall–Kier alpha value is -3.53. The van der Waals surface area contributed by atoms with Gasteiger partial charge in [0.2, 0.25) is 0 Å². The Morgan fingerprint density at radius 2 is 0.933 bits per heavy atom. The molecule has 0 saturated carbocycles. The fourth-order valence-corrected chi connectivity index (χ4v) is 50.6. The topological polar surface area (TPSA) is 0 Å². The zero-order chi connectivity index (χ0) is 41.8. The average Bonchev–Trinajstić information content (AvgIpc) is 3.98. The summed E-state index contributed by atoms with van der Waals surface area (Å²) in [5.74, 6) is 0.907. The predicted molar refractivity (Wildman–Crippen MR) is 263 cm³/mol. The van der Waals surface area contributed by atoms with Gasteiger partial charge in [0.15, 0.2) is 0 Å². The van der Waals surface area contributed by atoms with Gasteiger partial charge in [0, 0.05) is 0 Å². The van der Waals surface area contributed by atoms with Crippen LogP contribution in [0.5, 0.6) is 0 Å². The fraction of sp³-hybridized carbons (Fsp3) is 0.286. The Labute approximate surface area is 370 Å². The van der Waals surface area contributed by atoms with Gasteiger partial charge in [-0.1, -0.05) is 0 Å². The molecule has 4 atom stereocenters. The van der Waals surface area contributed by atoms with E-state index in [0.717, 1.165) is 38.5 Å². The standard InChI is InChI=1S/2C22H25.C12H9Si.2ClH.Hf/c2*1-4-9-17-14-18-10-8-13-21(22(18)15-17)20-12-7-6-11-19(20)16(3)5-2;1-3-7-11-9(5-1)10-6-2-4-8-12(10)13-11;;;/h2*6-8,10-16H,4-5,9H2,1-3H3;1-7H,13H2;2*1H;/q;;;;;+2/p-2. The number of hydrogen-bond donors (Lipinski definition) is 0. The Bertz CT molecular complexity index is 2550. The van der Waals surface area contributed by atoms with Crippen molar-refractivity contribution < 1.29 is 16.1 Å². The van der Waals surface area contributed by atoms with E-state index in [2.05, 4.69) is 181 Å². The third kappa shape index (κ3) is 6.61. The molecule has 2 aliphatic carbocycles. The molecule has 0 fully saturated rings.